The summed E-state index contributed by atoms with van der Waals surface area (Å²) < 4.78 is 5.24. The predicted molar refractivity (Wildman–Crippen MR) is 86.8 cm³/mol. The minimum atomic E-state index is -0.157. The fourth-order valence-electron chi connectivity index (χ4n) is 2.19. The maximum atomic E-state index is 12.1. The Morgan fingerprint density at radius 2 is 1.87 bits per heavy atom. The van der Waals surface area contributed by atoms with E-state index in [9.17, 15) is 4.79 Å². The molecule has 0 saturated carbocycles. The lowest BCUT2D eigenvalue weighted by Gasteiger charge is -2.03. The molecule has 1 aromatic heterocycles. The molecule has 3 aromatic rings. The zero-order valence-corrected chi connectivity index (χ0v) is 13.0. The number of hydrogen-bond donors (Lipinski definition) is 1. The van der Waals surface area contributed by atoms with E-state index < -0.39 is 0 Å². The fraction of sp³-hybridized carbons (Fsp3) is 0.167. The summed E-state index contributed by atoms with van der Waals surface area (Å²) in [5, 5.41) is 6.69. The Balaban J connectivity index is 1.65. The molecule has 0 saturated heterocycles. The number of hydrogen-bond acceptors (Lipinski definition) is 4. The van der Waals surface area contributed by atoms with Crippen molar-refractivity contribution in [2.75, 3.05) is 0 Å². The molecule has 1 N–H and O–H groups in total. The van der Waals surface area contributed by atoms with Gasteiger partial charge in [-0.3, -0.25) is 4.79 Å². The molecule has 2 aromatic carbocycles. The Kier molecular flexibility index (Phi) is 4.19. The Labute approximate surface area is 134 Å². The van der Waals surface area contributed by atoms with Crippen molar-refractivity contribution in [2.45, 2.75) is 20.4 Å². The van der Waals surface area contributed by atoms with Crippen molar-refractivity contribution in [3.05, 3.63) is 71.0 Å². The highest BCUT2D eigenvalue weighted by atomic mass is 16.5. The molecule has 23 heavy (non-hydrogen) atoms. The van der Waals surface area contributed by atoms with Gasteiger partial charge in [-0.25, -0.2) is 0 Å². The Hall–Kier alpha value is -2.95. The normalized spacial score (nSPS) is 10.5. The Morgan fingerprint density at radius 1 is 1.09 bits per heavy atom. The number of carbonyl (C=O) groups excluding carboxylic acids is 1. The summed E-state index contributed by atoms with van der Waals surface area (Å²) in [5.41, 5.74) is 3.68. The van der Waals surface area contributed by atoms with Crippen molar-refractivity contribution in [1.29, 1.82) is 0 Å². The molecular formula is C18H17N3O2. The summed E-state index contributed by atoms with van der Waals surface area (Å²) in [6.45, 7) is 4.19. The van der Waals surface area contributed by atoms with Crippen molar-refractivity contribution < 1.29 is 9.32 Å². The van der Waals surface area contributed by atoms with Crippen LogP contribution in [0.25, 0.3) is 11.5 Å². The van der Waals surface area contributed by atoms with Gasteiger partial charge in [-0.15, -0.1) is 0 Å². The summed E-state index contributed by atoms with van der Waals surface area (Å²) in [5.74, 6) is 0.738. The van der Waals surface area contributed by atoms with E-state index in [1.807, 2.05) is 56.3 Å². The second-order valence-electron chi connectivity index (χ2n) is 5.43. The average molecular weight is 307 g/mol. The van der Waals surface area contributed by atoms with E-state index in [0.717, 1.165) is 11.1 Å². The van der Waals surface area contributed by atoms with E-state index in [4.69, 9.17) is 4.52 Å². The van der Waals surface area contributed by atoms with Crippen LogP contribution in [0, 0.1) is 13.8 Å². The minimum Gasteiger partial charge on any atom is -0.345 e. The van der Waals surface area contributed by atoms with Crippen LogP contribution in [0.15, 0.2) is 53.1 Å². The molecule has 3 rings (SSSR count). The predicted octanol–water partition coefficient (Wildman–Crippen LogP) is 3.28. The van der Waals surface area contributed by atoms with Gasteiger partial charge in [0.2, 0.25) is 0 Å². The van der Waals surface area contributed by atoms with Gasteiger partial charge in [0.15, 0.2) is 5.82 Å². The SMILES string of the molecule is Cc1ccc(-c2nc(CNC(=O)c3cccc(C)c3)no2)cc1. The van der Waals surface area contributed by atoms with E-state index in [-0.39, 0.29) is 12.5 Å². The van der Waals surface area contributed by atoms with Crippen LogP contribution in [0.4, 0.5) is 0 Å². The van der Waals surface area contributed by atoms with Gasteiger partial charge in [0.1, 0.15) is 0 Å². The lowest BCUT2D eigenvalue weighted by atomic mass is 10.1. The first-order valence-corrected chi connectivity index (χ1v) is 7.36. The maximum Gasteiger partial charge on any atom is 0.257 e. The van der Waals surface area contributed by atoms with Gasteiger partial charge >= 0.3 is 0 Å². The number of aryl methyl sites for hydroxylation is 2. The van der Waals surface area contributed by atoms with Crippen LogP contribution in [-0.2, 0) is 6.54 Å². The van der Waals surface area contributed by atoms with Gasteiger partial charge in [0, 0.05) is 11.1 Å². The molecule has 0 radical (unpaired) electrons. The van der Waals surface area contributed by atoms with Crippen molar-refractivity contribution in [3.63, 3.8) is 0 Å². The zero-order chi connectivity index (χ0) is 16.2. The Bertz CT molecular complexity index is 822. The third-order valence-electron chi connectivity index (χ3n) is 3.45. The highest BCUT2D eigenvalue weighted by molar-refractivity contribution is 5.94. The van der Waals surface area contributed by atoms with Crippen LogP contribution in [0.5, 0.6) is 0 Å². The second-order valence-corrected chi connectivity index (χ2v) is 5.43. The third kappa shape index (κ3) is 3.63. The van der Waals surface area contributed by atoms with Crippen LogP contribution in [0.1, 0.15) is 27.3 Å². The monoisotopic (exact) mass is 307 g/mol. The van der Waals surface area contributed by atoms with Crippen LogP contribution >= 0.6 is 0 Å². The lowest BCUT2D eigenvalue weighted by molar-refractivity contribution is 0.0949. The quantitative estimate of drug-likeness (QED) is 0.803. The zero-order valence-electron chi connectivity index (χ0n) is 13.0. The van der Waals surface area contributed by atoms with Crippen LogP contribution < -0.4 is 5.32 Å². The van der Waals surface area contributed by atoms with Gasteiger partial charge < -0.3 is 9.84 Å². The molecule has 1 amide bonds. The number of amides is 1. The van der Waals surface area contributed by atoms with E-state index in [1.54, 1.807) is 6.07 Å². The van der Waals surface area contributed by atoms with E-state index in [0.29, 0.717) is 17.3 Å². The molecule has 116 valence electrons. The molecule has 0 aliphatic carbocycles. The van der Waals surface area contributed by atoms with Crippen LogP contribution in [0.2, 0.25) is 0 Å². The van der Waals surface area contributed by atoms with Crippen LogP contribution in [0.3, 0.4) is 0 Å². The topological polar surface area (TPSA) is 68.0 Å². The summed E-state index contributed by atoms with van der Waals surface area (Å²) >= 11 is 0. The molecule has 5 nitrogen and oxygen atoms in total. The van der Waals surface area contributed by atoms with Gasteiger partial charge in [0.25, 0.3) is 11.8 Å². The average Bonchev–Trinajstić information content (AvgIpc) is 3.02. The molecule has 5 heteroatoms. The van der Waals surface area contributed by atoms with Gasteiger partial charge in [-0.1, -0.05) is 40.5 Å². The highest BCUT2D eigenvalue weighted by Crippen LogP contribution is 2.17. The van der Waals surface area contributed by atoms with E-state index in [1.165, 1.54) is 5.56 Å². The first kappa shape index (κ1) is 15.0. The molecular weight excluding hydrogens is 290 g/mol. The highest BCUT2D eigenvalue weighted by Gasteiger charge is 2.11. The van der Waals surface area contributed by atoms with Crippen molar-refractivity contribution in [2.24, 2.45) is 0 Å². The van der Waals surface area contributed by atoms with Gasteiger partial charge in [-0.2, -0.15) is 4.98 Å². The number of aromatic nitrogens is 2. The molecule has 0 fully saturated rings. The van der Waals surface area contributed by atoms with Crippen molar-refractivity contribution in [3.8, 4) is 11.5 Å². The van der Waals surface area contributed by atoms with Crippen molar-refractivity contribution >= 4 is 5.91 Å². The van der Waals surface area contributed by atoms with Crippen LogP contribution in [-0.4, -0.2) is 16.0 Å². The van der Waals surface area contributed by atoms with E-state index >= 15 is 0 Å². The standard InChI is InChI=1S/C18H17N3O2/c1-12-6-8-14(9-7-12)18-20-16(21-23-18)11-19-17(22)15-5-3-4-13(2)10-15/h3-10H,11H2,1-2H3,(H,19,22). The summed E-state index contributed by atoms with van der Waals surface area (Å²) in [4.78, 5) is 16.4. The largest absolute Gasteiger partial charge is 0.345 e. The lowest BCUT2D eigenvalue weighted by Crippen LogP contribution is -2.23. The number of nitrogens with zero attached hydrogens (tertiary/aromatic N) is 2. The minimum absolute atomic E-state index is 0.157. The molecule has 0 unspecified atom stereocenters. The first-order chi connectivity index (χ1) is 11.1. The number of carbonyl (C=O) groups is 1. The van der Waals surface area contributed by atoms with Gasteiger partial charge in [-0.05, 0) is 38.1 Å². The summed E-state index contributed by atoms with van der Waals surface area (Å²) in [6.07, 6.45) is 0. The van der Waals surface area contributed by atoms with E-state index in [2.05, 4.69) is 15.5 Å². The summed E-state index contributed by atoms with van der Waals surface area (Å²) in [6, 6.07) is 15.2. The molecule has 0 atom stereocenters. The summed E-state index contributed by atoms with van der Waals surface area (Å²) in [7, 11) is 0. The third-order valence-corrected chi connectivity index (χ3v) is 3.45. The van der Waals surface area contributed by atoms with Gasteiger partial charge in [0.05, 0.1) is 6.54 Å². The number of nitrogens with one attached hydrogen (secondary N) is 1. The molecule has 0 aliphatic heterocycles. The number of rotatable bonds is 4. The molecule has 0 spiro atoms. The van der Waals surface area contributed by atoms with Crippen molar-refractivity contribution in [1.82, 2.24) is 15.5 Å². The fourth-order valence-corrected chi connectivity index (χ4v) is 2.19. The number of benzene rings is 2. The maximum absolute atomic E-state index is 12.1. The molecule has 1 heterocycles. The smallest absolute Gasteiger partial charge is 0.257 e. The first-order valence-electron chi connectivity index (χ1n) is 7.36. The molecule has 0 aliphatic rings. The molecule has 0 bridgehead atoms. The second kappa shape index (κ2) is 6.44. The Morgan fingerprint density at radius 3 is 2.61 bits per heavy atom.